The first-order chi connectivity index (χ1) is 20.7. The van der Waals surface area contributed by atoms with Gasteiger partial charge in [-0.3, -0.25) is 4.57 Å². The number of imidazole rings is 2. The zero-order valence-electron chi connectivity index (χ0n) is 22.4. The smallest absolute Gasteiger partial charge is 0.382 e. The van der Waals surface area contributed by atoms with Crippen LogP contribution in [0, 0.1) is 17.8 Å². The highest BCUT2D eigenvalue weighted by atomic mass is 32.5. The molecule has 0 bridgehead atoms. The Bertz CT molecular complexity index is 1770. The van der Waals surface area contributed by atoms with Crippen LogP contribution in [0.3, 0.4) is 0 Å². The van der Waals surface area contributed by atoms with Crippen molar-refractivity contribution in [1.82, 2.24) is 39.0 Å². The molecule has 4 aromatic heterocycles. The predicted octanol–water partition coefficient (Wildman–Crippen LogP) is 2.03. The van der Waals surface area contributed by atoms with Gasteiger partial charge >= 0.3 is 15.0 Å². The van der Waals surface area contributed by atoms with Crippen LogP contribution in [-0.4, -0.2) is 76.0 Å². The Morgan fingerprint density at radius 1 is 1.00 bits per heavy atom. The van der Waals surface area contributed by atoms with E-state index in [9.17, 15) is 9.46 Å². The van der Waals surface area contributed by atoms with Crippen molar-refractivity contribution in [2.45, 2.75) is 30.9 Å². The van der Waals surface area contributed by atoms with E-state index in [1.54, 1.807) is 17.0 Å². The summed E-state index contributed by atoms with van der Waals surface area (Å²) in [6, 6.07) is -0.115. The number of nitrogens with two attached hydrogens (primary N) is 2. The number of hydrogen-bond acceptors (Lipinski definition) is 15. The van der Waals surface area contributed by atoms with E-state index in [1.807, 2.05) is 4.57 Å². The molecule has 2 unspecified atom stereocenters. The van der Waals surface area contributed by atoms with Gasteiger partial charge in [0.2, 0.25) is 0 Å². The number of aromatic nitrogens is 8. The van der Waals surface area contributed by atoms with Crippen molar-refractivity contribution in [2.24, 2.45) is 17.8 Å². The molecule has 1 saturated carbocycles. The van der Waals surface area contributed by atoms with Crippen molar-refractivity contribution >= 4 is 60.7 Å². The van der Waals surface area contributed by atoms with Gasteiger partial charge in [0, 0.05) is 16.5 Å². The van der Waals surface area contributed by atoms with Crippen molar-refractivity contribution in [3.05, 3.63) is 38.0 Å². The fourth-order valence-electron chi connectivity index (χ4n) is 5.93. The van der Waals surface area contributed by atoms with Gasteiger partial charge in [-0.25, -0.2) is 29.9 Å². The Labute approximate surface area is 249 Å². The summed E-state index contributed by atoms with van der Waals surface area (Å²) in [5.74, 6) is -0.367. The van der Waals surface area contributed by atoms with E-state index in [0.717, 1.165) is 0 Å². The van der Waals surface area contributed by atoms with Gasteiger partial charge in [-0.15, -0.1) is 15.6 Å². The molecule has 7 rings (SSSR count). The molecule has 2 aliphatic heterocycles. The molecule has 20 heteroatoms. The summed E-state index contributed by atoms with van der Waals surface area (Å²) >= 11 is 5.44. The lowest BCUT2D eigenvalue weighted by atomic mass is 9.70. The fraction of sp³-hybridized carbons (Fsp3) is 0.478. The van der Waals surface area contributed by atoms with E-state index in [1.165, 1.54) is 19.0 Å². The Balaban J connectivity index is 1.13. The maximum absolute atomic E-state index is 12.9. The average molecular weight is 650 g/mol. The minimum atomic E-state index is -3.79. The van der Waals surface area contributed by atoms with Gasteiger partial charge in [-0.05, 0) is 24.1 Å². The Morgan fingerprint density at radius 3 is 2.35 bits per heavy atom. The van der Waals surface area contributed by atoms with Crippen LogP contribution in [0.1, 0.15) is 18.7 Å². The molecule has 9 atom stereocenters. The minimum absolute atomic E-state index is 0.0817. The Kier molecular flexibility index (Phi) is 7.44. The monoisotopic (exact) mass is 649 g/mol. The number of rotatable bonds is 3. The van der Waals surface area contributed by atoms with Gasteiger partial charge in [0.15, 0.2) is 22.9 Å². The standard InChI is InChI=1S/C23H26N10O7P2S/c1-2-12-18-15(39-23(12)33-10-31-17-20(25)27-8-29-22(17)33)6-37-41(34)36-5-13-11(4-38-42(35,43)40-18)3-14(13)32-9-30-16-19(24)26-7-28-21(16)32/h2,7-15,18,23H,1,3-6H2,(H4-,24,25,26,27,28,29,35,43)/p+1/t11-,12-,13-,14-,15-,18+,23-,42?/m1/s1. The van der Waals surface area contributed by atoms with Crippen LogP contribution in [0.25, 0.3) is 22.3 Å². The van der Waals surface area contributed by atoms with E-state index >= 15 is 0 Å². The van der Waals surface area contributed by atoms with E-state index < -0.39 is 39.3 Å². The summed E-state index contributed by atoms with van der Waals surface area (Å²) in [6.07, 6.45) is 5.65. The quantitative estimate of drug-likeness (QED) is 0.213. The third kappa shape index (κ3) is 5.12. The third-order valence-electron chi connectivity index (χ3n) is 8.13. The third-order valence-corrected chi connectivity index (χ3v) is 10.4. The first-order valence-corrected chi connectivity index (χ1v) is 17.0. The van der Waals surface area contributed by atoms with E-state index in [-0.39, 0.29) is 49.3 Å². The number of ether oxygens (including phenoxy) is 1. The van der Waals surface area contributed by atoms with Crippen molar-refractivity contribution in [3.8, 4) is 0 Å². The molecule has 17 nitrogen and oxygen atoms in total. The van der Waals surface area contributed by atoms with Crippen molar-refractivity contribution in [1.29, 1.82) is 0 Å². The van der Waals surface area contributed by atoms with Crippen LogP contribution < -0.4 is 11.5 Å². The second-order valence-corrected chi connectivity index (χ2v) is 14.2. The number of nitrogens with zero attached hydrogens (tertiary/aromatic N) is 8. The number of nitrogen functional groups attached to an aromatic ring is 2. The van der Waals surface area contributed by atoms with Crippen molar-refractivity contribution < 1.29 is 32.3 Å². The summed E-state index contributed by atoms with van der Waals surface area (Å²) in [7, 11) is -2.54. The lowest BCUT2D eigenvalue weighted by molar-refractivity contribution is -0.0385. The highest BCUT2D eigenvalue weighted by molar-refractivity contribution is 8.07. The SMILES string of the molecule is C=C[C@@H]1[C@@H]2OP(O)(=S)OC[C@H]3C[C@@H](n4cnc5c(N)ncnc54)[C@@H]3CO[P+](=O)OC[C@H]2O[C@H]1n1cnc2c(N)ncnc21. The summed E-state index contributed by atoms with van der Waals surface area (Å²) in [4.78, 5) is 36.4. The minimum Gasteiger partial charge on any atom is -0.382 e. The number of hydrogen-bond donors (Lipinski definition) is 3. The summed E-state index contributed by atoms with van der Waals surface area (Å²) in [5, 5.41) is 0. The van der Waals surface area contributed by atoms with Gasteiger partial charge in [0.05, 0.1) is 25.2 Å². The van der Waals surface area contributed by atoms with Crippen LogP contribution in [0.4, 0.5) is 11.6 Å². The summed E-state index contributed by atoms with van der Waals surface area (Å²) < 4.78 is 45.9. The van der Waals surface area contributed by atoms with Gasteiger partial charge in [0.1, 0.15) is 55.3 Å². The molecule has 6 heterocycles. The van der Waals surface area contributed by atoms with Crippen LogP contribution in [0.15, 0.2) is 38.0 Å². The predicted molar refractivity (Wildman–Crippen MR) is 155 cm³/mol. The van der Waals surface area contributed by atoms with E-state index in [4.69, 9.17) is 46.1 Å². The van der Waals surface area contributed by atoms with Crippen LogP contribution in [0.2, 0.25) is 0 Å². The molecule has 1 aliphatic carbocycles. The Hall–Kier alpha value is -3.05. The second-order valence-electron chi connectivity index (χ2n) is 10.4. The average Bonchev–Trinajstić information content (AvgIpc) is 3.67. The Morgan fingerprint density at radius 2 is 1.65 bits per heavy atom. The molecule has 2 saturated heterocycles. The molecule has 4 aromatic rings. The van der Waals surface area contributed by atoms with E-state index in [0.29, 0.717) is 28.7 Å². The maximum atomic E-state index is 12.9. The number of fused-ring (bicyclic) bond motifs is 4. The molecule has 226 valence electrons. The van der Waals surface area contributed by atoms with Crippen LogP contribution >= 0.6 is 15.0 Å². The molecule has 5 N–H and O–H groups in total. The zero-order chi connectivity index (χ0) is 29.9. The molecule has 0 aromatic carbocycles. The molecule has 0 radical (unpaired) electrons. The topological polar surface area (TPSA) is 223 Å². The van der Waals surface area contributed by atoms with Gasteiger partial charge in [0.25, 0.3) is 0 Å². The maximum Gasteiger partial charge on any atom is 0.697 e. The molecule has 0 amide bonds. The zero-order valence-corrected chi connectivity index (χ0v) is 25.0. The van der Waals surface area contributed by atoms with Crippen LogP contribution in [0.5, 0.6) is 0 Å². The highest BCUT2D eigenvalue weighted by Crippen LogP contribution is 2.54. The molecule has 0 spiro atoms. The van der Waals surface area contributed by atoms with Crippen molar-refractivity contribution in [3.63, 3.8) is 0 Å². The van der Waals surface area contributed by atoms with E-state index in [2.05, 4.69) is 36.5 Å². The highest BCUT2D eigenvalue weighted by Gasteiger charge is 2.51. The number of anilines is 2. The van der Waals surface area contributed by atoms with Crippen molar-refractivity contribution in [2.75, 3.05) is 31.3 Å². The lowest BCUT2D eigenvalue weighted by Crippen LogP contribution is -2.43. The molecular weight excluding hydrogens is 622 g/mol. The molecule has 3 aliphatic rings. The van der Waals surface area contributed by atoms with Gasteiger partial charge < -0.3 is 34.7 Å². The van der Waals surface area contributed by atoms with Gasteiger partial charge in [-0.1, -0.05) is 6.08 Å². The second kappa shape index (κ2) is 11.1. The van der Waals surface area contributed by atoms with Gasteiger partial charge in [-0.2, -0.15) is 0 Å². The van der Waals surface area contributed by atoms with Crippen LogP contribution in [-0.2, 0) is 39.2 Å². The summed E-state index contributed by atoms with van der Waals surface area (Å²) in [5.41, 5.74) is 13.8. The molecule has 43 heavy (non-hydrogen) atoms. The normalized spacial score (nSPS) is 34.4. The largest absolute Gasteiger partial charge is 0.697 e. The molecular formula is C23H27N10O7P2S+. The summed E-state index contributed by atoms with van der Waals surface area (Å²) in [6.45, 7) is 0.126. The fourth-order valence-corrected chi connectivity index (χ4v) is 8.07. The first-order valence-electron chi connectivity index (χ1n) is 13.3. The lowest BCUT2D eigenvalue weighted by Gasteiger charge is -2.44. The first kappa shape index (κ1) is 28.7. The molecule has 3 fully saturated rings.